The molecule has 0 bridgehead atoms. The number of rotatable bonds is 8. The number of hydrogen-bond donors (Lipinski definition) is 2. The highest BCUT2D eigenvalue weighted by molar-refractivity contribution is 5.48. The topological polar surface area (TPSA) is 79.5 Å². The molecule has 0 unspecified atom stereocenters. The van der Waals surface area contributed by atoms with Crippen LogP contribution in [0.15, 0.2) is 6.07 Å². The summed E-state index contributed by atoms with van der Waals surface area (Å²) in [5, 5.41) is 0. The SMILES string of the molecule is COCc1nc(NN)cc(N(C)CCCN(C)C)n1. The van der Waals surface area contributed by atoms with Crippen molar-refractivity contribution in [3.8, 4) is 0 Å². The van der Waals surface area contributed by atoms with Gasteiger partial charge in [-0.05, 0) is 27.1 Å². The summed E-state index contributed by atoms with van der Waals surface area (Å²) in [7, 11) is 7.76. The Labute approximate surface area is 114 Å². The van der Waals surface area contributed by atoms with Crippen LogP contribution in [0.5, 0.6) is 0 Å². The predicted molar refractivity (Wildman–Crippen MR) is 77.0 cm³/mol. The number of nitrogens with one attached hydrogen (secondary N) is 1. The van der Waals surface area contributed by atoms with Gasteiger partial charge >= 0.3 is 0 Å². The van der Waals surface area contributed by atoms with Crippen LogP contribution >= 0.6 is 0 Å². The van der Waals surface area contributed by atoms with E-state index in [-0.39, 0.29) is 0 Å². The van der Waals surface area contributed by atoms with Gasteiger partial charge in [-0.25, -0.2) is 15.8 Å². The highest BCUT2D eigenvalue weighted by Crippen LogP contribution is 2.14. The number of hydrazine groups is 1. The molecule has 0 aliphatic rings. The summed E-state index contributed by atoms with van der Waals surface area (Å²) in [4.78, 5) is 12.9. The molecule has 108 valence electrons. The number of nitrogens with zero attached hydrogens (tertiary/aromatic N) is 4. The Bertz CT molecular complexity index is 384. The van der Waals surface area contributed by atoms with E-state index in [9.17, 15) is 0 Å². The van der Waals surface area contributed by atoms with Crippen molar-refractivity contribution in [1.82, 2.24) is 14.9 Å². The molecule has 0 spiro atoms. The maximum absolute atomic E-state index is 5.42. The lowest BCUT2D eigenvalue weighted by atomic mass is 10.3. The van der Waals surface area contributed by atoms with Crippen molar-refractivity contribution in [2.75, 3.05) is 51.7 Å². The fraction of sp³-hybridized carbons (Fsp3) is 0.667. The quantitative estimate of drug-likeness (QED) is 0.518. The average molecular weight is 268 g/mol. The number of nitrogen functional groups attached to an aromatic ring is 1. The molecule has 0 radical (unpaired) electrons. The van der Waals surface area contributed by atoms with Crippen LogP contribution in [0.1, 0.15) is 12.2 Å². The first-order chi connectivity index (χ1) is 9.06. The molecular formula is C12H24N6O. The van der Waals surface area contributed by atoms with Gasteiger partial charge in [-0.2, -0.15) is 0 Å². The Balaban J connectivity index is 2.71. The molecule has 0 amide bonds. The molecule has 0 aromatic carbocycles. The number of methoxy groups -OCH3 is 1. The summed E-state index contributed by atoms with van der Waals surface area (Å²) in [6.45, 7) is 2.34. The molecule has 0 atom stereocenters. The Morgan fingerprint density at radius 1 is 1.26 bits per heavy atom. The highest BCUT2D eigenvalue weighted by atomic mass is 16.5. The van der Waals surface area contributed by atoms with Gasteiger partial charge in [-0.3, -0.25) is 0 Å². The van der Waals surface area contributed by atoms with Crippen LogP contribution in [-0.2, 0) is 11.3 Å². The van der Waals surface area contributed by atoms with Crippen molar-refractivity contribution in [3.05, 3.63) is 11.9 Å². The number of aromatic nitrogens is 2. The molecular weight excluding hydrogens is 244 g/mol. The van der Waals surface area contributed by atoms with Crippen molar-refractivity contribution in [2.45, 2.75) is 13.0 Å². The Morgan fingerprint density at radius 2 is 2.00 bits per heavy atom. The van der Waals surface area contributed by atoms with E-state index in [1.807, 2.05) is 13.1 Å². The van der Waals surface area contributed by atoms with Crippen LogP contribution in [0.4, 0.5) is 11.6 Å². The largest absolute Gasteiger partial charge is 0.377 e. The standard InChI is InChI=1S/C12H24N6O/c1-17(2)6-5-7-18(3)12-8-10(16-13)14-11(15-12)9-19-4/h8H,5-7,9,13H2,1-4H3,(H,14,15,16). The summed E-state index contributed by atoms with van der Waals surface area (Å²) in [6.07, 6.45) is 1.07. The van der Waals surface area contributed by atoms with Gasteiger partial charge < -0.3 is 20.0 Å². The monoisotopic (exact) mass is 268 g/mol. The molecule has 1 heterocycles. The lowest BCUT2D eigenvalue weighted by Crippen LogP contribution is -2.25. The van der Waals surface area contributed by atoms with E-state index in [4.69, 9.17) is 10.6 Å². The van der Waals surface area contributed by atoms with Crippen LogP contribution in [0.3, 0.4) is 0 Å². The van der Waals surface area contributed by atoms with Gasteiger partial charge in [-0.1, -0.05) is 0 Å². The maximum Gasteiger partial charge on any atom is 0.158 e. The zero-order valence-electron chi connectivity index (χ0n) is 12.2. The van der Waals surface area contributed by atoms with E-state index in [0.717, 1.165) is 25.3 Å². The molecule has 7 heteroatoms. The van der Waals surface area contributed by atoms with E-state index in [1.165, 1.54) is 0 Å². The number of ether oxygens (including phenoxy) is 1. The first-order valence-corrected chi connectivity index (χ1v) is 6.26. The number of hydrogen-bond acceptors (Lipinski definition) is 7. The van der Waals surface area contributed by atoms with Crippen molar-refractivity contribution >= 4 is 11.6 Å². The first kappa shape index (κ1) is 15.6. The maximum atomic E-state index is 5.42. The van der Waals surface area contributed by atoms with Gasteiger partial charge in [0.2, 0.25) is 0 Å². The fourth-order valence-corrected chi connectivity index (χ4v) is 1.68. The van der Waals surface area contributed by atoms with E-state index in [2.05, 4.69) is 39.3 Å². The zero-order valence-corrected chi connectivity index (χ0v) is 12.2. The molecule has 19 heavy (non-hydrogen) atoms. The van der Waals surface area contributed by atoms with E-state index in [0.29, 0.717) is 18.2 Å². The molecule has 1 aromatic heterocycles. The van der Waals surface area contributed by atoms with E-state index in [1.54, 1.807) is 7.11 Å². The van der Waals surface area contributed by atoms with Crippen LogP contribution < -0.4 is 16.2 Å². The van der Waals surface area contributed by atoms with Gasteiger partial charge in [-0.15, -0.1) is 0 Å². The number of nitrogens with two attached hydrogens (primary N) is 1. The summed E-state index contributed by atoms with van der Waals surface area (Å²) < 4.78 is 5.06. The second-order valence-electron chi connectivity index (χ2n) is 4.68. The molecule has 7 nitrogen and oxygen atoms in total. The smallest absolute Gasteiger partial charge is 0.158 e. The molecule has 0 aliphatic carbocycles. The summed E-state index contributed by atoms with van der Waals surface area (Å²) in [5.41, 5.74) is 2.55. The molecule has 0 saturated carbocycles. The molecule has 0 aliphatic heterocycles. The first-order valence-electron chi connectivity index (χ1n) is 6.26. The van der Waals surface area contributed by atoms with Crippen molar-refractivity contribution in [1.29, 1.82) is 0 Å². The van der Waals surface area contributed by atoms with Crippen LogP contribution in [0.2, 0.25) is 0 Å². The summed E-state index contributed by atoms with van der Waals surface area (Å²) in [5.74, 6) is 7.47. The third-order valence-corrected chi connectivity index (χ3v) is 2.67. The molecule has 3 N–H and O–H groups in total. The molecule has 0 fully saturated rings. The van der Waals surface area contributed by atoms with Crippen molar-refractivity contribution < 1.29 is 4.74 Å². The van der Waals surface area contributed by atoms with Gasteiger partial charge in [0, 0.05) is 26.8 Å². The van der Waals surface area contributed by atoms with Gasteiger partial charge in [0.05, 0.1) is 0 Å². The van der Waals surface area contributed by atoms with E-state index < -0.39 is 0 Å². The third kappa shape index (κ3) is 5.37. The average Bonchev–Trinajstić information content (AvgIpc) is 2.38. The van der Waals surface area contributed by atoms with Crippen molar-refractivity contribution in [3.63, 3.8) is 0 Å². The normalized spacial score (nSPS) is 10.8. The van der Waals surface area contributed by atoms with Gasteiger partial charge in [0.15, 0.2) is 5.82 Å². The van der Waals surface area contributed by atoms with Crippen LogP contribution in [0, 0.1) is 0 Å². The molecule has 0 saturated heterocycles. The Hall–Kier alpha value is -1.44. The minimum atomic E-state index is 0.369. The molecule has 1 aromatic rings. The molecule has 1 rings (SSSR count). The highest BCUT2D eigenvalue weighted by Gasteiger charge is 2.08. The second kappa shape index (κ2) is 7.88. The van der Waals surface area contributed by atoms with Gasteiger partial charge in [0.1, 0.15) is 18.2 Å². The van der Waals surface area contributed by atoms with Crippen LogP contribution in [0.25, 0.3) is 0 Å². The second-order valence-corrected chi connectivity index (χ2v) is 4.68. The van der Waals surface area contributed by atoms with Crippen LogP contribution in [-0.4, -0.2) is 56.2 Å². The Morgan fingerprint density at radius 3 is 2.58 bits per heavy atom. The fourth-order valence-electron chi connectivity index (χ4n) is 1.68. The van der Waals surface area contributed by atoms with Gasteiger partial charge in [0.25, 0.3) is 0 Å². The van der Waals surface area contributed by atoms with E-state index >= 15 is 0 Å². The predicted octanol–water partition coefficient (Wildman–Crippen LogP) is 0.297. The lowest BCUT2D eigenvalue weighted by Gasteiger charge is -2.20. The number of anilines is 2. The summed E-state index contributed by atoms with van der Waals surface area (Å²) in [6, 6.07) is 1.83. The van der Waals surface area contributed by atoms with Crippen molar-refractivity contribution in [2.24, 2.45) is 5.84 Å². The zero-order chi connectivity index (χ0) is 14.3. The third-order valence-electron chi connectivity index (χ3n) is 2.67. The lowest BCUT2D eigenvalue weighted by molar-refractivity contribution is 0.178. The minimum absolute atomic E-state index is 0.369. The Kier molecular flexibility index (Phi) is 6.48. The minimum Gasteiger partial charge on any atom is -0.377 e. The summed E-state index contributed by atoms with van der Waals surface area (Å²) >= 11 is 0.